The molecule has 3 heteroatoms. The van der Waals surface area contributed by atoms with E-state index in [0.717, 1.165) is 37.8 Å². The Morgan fingerprint density at radius 1 is 0.952 bits per heavy atom. The lowest BCUT2D eigenvalue weighted by Gasteiger charge is -2.40. The topological polar surface area (TPSA) is 23.6 Å². The molecule has 0 N–H and O–H groups in total. The molecule has 1 heterocycles. The number of hydrogen-bond acceptors (Lipinski definition) is 2. The maximum absolute atomic E-state index is 12.5. The minimum Gasteiger partial charge on any atom is -0.336 e. The van der Waals surface area contributed by atoms with Gasteiger partial charge in [-0.3, -0.25) is 9.69 Å². The Hall–Kier alpha value is -1.35. The predicted molar refractivity (Wildman–Crippen MR) is 85.5 cm³/mol. The normalized spacial score (nSPS) is 21.5. The van der Waals surface area contributed by atoms with Gasteiger partial charge in [0.25, 0.3) is 5.91 Å². The van der Waals surface area contributed by atoms with Gasteiger partial charge in [-0.05, 0) is 31.9 Å². The molecule has 114 valence electrons. The zero-order valence-electron chi connectivity index (χ0n) is 13.1. The van der Waals surface area contributed by atoms with Crippen molar-refractivity contribution in [1.82, 2.24) is 9.80 Å². The first kappa shape index (κ1) is 14.6. The van der Waals surface area contributed by atoms with E-state index in [1.54, 1.807) is 0 Å². The summed E-state index contributed by atoms with van der Waals surface area (Å²) in [5.41, 5.74) is 2.03. The molecule has 1 aromatic rings. The highest BCUT2D eigenvalue weighted by atomic mass is 16.2. The van der Waals surface area contributed by atoms with Crippen molar-refractivity contribution in [1.29, 1.82) is 0 Å². The van der Waals surface area contributed by atoms with Gasteiger partial charge in [-0.25, -0.2) is 0 Å². The summed E-state index contributed by atoms with van der Waals surface area (Å²) in [6.07, 6.45) is 6.88. The van der Waals surface area contributed by atoms with Crippen LogP contribution >= 0.6 is 0 Å². The van der Waals surface area contributed by atoms with Crippen LogP contribution in [0.1, 0.15) is 48.0 Å². The van der Waals surface area contributed by atoms with Crippen LogP contribution < -0.4 is 0 Å². The molecule has 0 spiro atoms. The van der Waals surface area contributed by atoms with Gasteiger partial charge in [0.2, 0.25) is 0 Å². The molecule has 1 aliphatic heterocycles. The van der Waals surface area contributed by atoms with E-state index in [4.69, 9.17) is 0 Å². The second kappa shape index (κ2) is 6.61. The largest absolute Gasteiger partial charge is 0.336 e. The van der Waals surface area contributed by atoms with Crippen molar-refractivity contribution >= 4 is 5.91 Å². The second-order valence-electron chi connectivity index (χ2n) is 6.49. The maximum Gasteiger partial charge on any atom is 0.253 e. The van der Waals surface area contributed by atoms with Crippen molar-refractivity contribution in [2.45, 2.75) is 45.1 Å². The average molecular weight is 286 g/mol. The fraction of sp³-hybridized carbons (Fsp3) is 0.611. The molecule has 2 aliphatic rings. The Morgan fingerprint density at radius 3 is 2.19 bits per heavy atom. The minimum absolute atomic E-state index is 0.193. The van der Waals surface area contributed by atoms with Crippen LogP contribution in [0, 0.1) is 6.92 Å². The molecule has 3 nitrogen and oxygen atoms in total. The number of piperazine rings is 1. The highest BCUT2D eigenvalue weighted by Crippen LogP contribution is 2.23. The molecule has 1 aromatic carbocycles. The standard InChI is InChI=1S/C18H26N2O/c1-15-7-9-16(10-8-15)18(21)20-13-11-19(12-14-20)17-5-3-2-4-6-17/h7-10,17H,2-6,11-14H2,1H3. The van der Waals surface area contributed by atoms with E-state index in [9.17, 15) is 4.79 Å². The van der Waals surface area contributed by atoms with Gasteiger partial charge in [-0.15, -0.1) is 0 Å². The molecule has 2 fully saturated rings. The molecule has 1 aliphatic carbocycles. The van der Waals surface area contributed by atoms with Crippen molar-refractivity contribution in [3.8, 4) is 0 Å². The summed E-state index contributed by atoms with van der Waals surface area (Å²) in [5, 5.41) is 0. The molecule has 1 saturated carbocycles. The number of amides is 1. The monoisotopic (exact) mass is 286 g/mol. The molecule has 1 saturated heterocycles. The summed E-state index contributed by atoms with van der Waals surface area (Å²) in [6, 6.07) is 8.71. The Morgan fingerprint density at radius 2 is 1.57 bits per heavy atom. The molecule has 0 aromatic heterocycles. The summed E-state index contributed by atoms with van der Waals surface area (Å²) in [4.78, 5) is 17.1. The van der Waals surface area contributed by atoms with Gasteiger partial charge >= 0.3 is 0 Å². The maximum atomic E-state index is 12.5. The van der Waals surface area contributed by atoms with Gasteiger partial charge in [-0.2, -0.15) is 0 Å². The van der Waals surface area contributed by atoms with Gasteiger partial charge in [-0.1, -0.05) is 37.0 Å². The molecular weight excluding hydrogens is 260 g/mol. The van der Waals surface area contributed by atoms with E-state index in [2.05, 4.69) is 11.8 Å². The Kier molecular flexibility index (Phi) is 4.59. The van der Waals surface area contributed by atoms with Crippen molar-refractivity contribution in [2.75, 3.05) is 26.2 Å². The van der Waals surface area contributed by atoms with Crippen molar-refractivity contribution in [2.24, 2.45) is 0 Å². The Bertz CT molecular complexity index is 468. The SMILES string of the molecule is Cc1ccc(C(=O)N2CCN(C3CCCCC3)CC2)cc1. The van der Waals surface area contributed by atoms with Crippen LogP contribution in [0.3, 0.4) is 0 Å². The first-order valence-electron chi connectivity index (χ1n) is 8.34. The Balaban J connectivity index is 1.55. The Labute approximate surface area is 127 Å². The van der Waals surface area contributed by atoms with Crippen LogP contribution in [0.2, 0.25) is 0 Å². The second-order valence-corrected chi connectivity index (χ2v) is 6.49. The average Bonchev–Trinajstić information content (AvgIpc) is 2.56. The van der Waals surface area contributed by atoms with E-state index >= 15 is 0 Å². The van der Waals surface area contributed by atoms with E-state index in [1.165, 1.54) is 37.7 Å². The number of hydrogen-bond donors (Lipinski definition) is 0. The lowest BCUT2D eigenvalue weighted by Crippen LogP contribution is -2.52. The summed E-state index contributed by atoms with van der Waals surface area (Å²) in [5.74, 6) is 0.193. The fourth-order valence-corrected chi connectivity index (χ4v) is 3.62. The zero-order chi connectivity index (χ0) is 14.7. The van der Waals surface area contributed by atoms with Crippen LogP contribution in [-0.4, -0.2) is 47.9 Å². The molecule has 21 heavy (non-hydrogen) atoms. The number of benzene rings is 1. The van der Waals surface area contributed by atoms with E-state index in [1.807, 2.05) is 29.2 Å². The number of carbonyl (C=O) groups is 1. The van der Waals surface area contributed by atoms with Crippen molar-refractivity contribution < 1.29 is 4.79 Å². The van der Waals surface area contributed by atoms with E-state index in [-0.39, 0.29) is 5.91 Å². The van der Waals surface area contributed by atoms with Crippen LogP contribution in [0.25, 0.3) is 0 Å². The van der Waals surface area contributed by atoms with Gasteiger partial charge in [0.15, 0.2) is 0 Å². The molecule has 0 radical (unpaired) electrons. The molecule has 1 amide bonds. The summed E-state index contributed by atoms with van der Waals surface area (Å²) < 4.78 is 0. The highest BCUT2D eigenvalue weighted by Gasteiger charge is 2.27. The third-order valence-corrected chi connectivity index (χ3v) is 4.99. The quantitative estimate of drug-likeness (QED) is 0.834. The first-order valence-corrected chi connectivity index (χ1v) is 8.34. The number of nitrogens with zero attached hydrogens (tertiary/aromatic N) is 2. The summed E-state index contributed by atoms with van der Waals surface area (Å²) in [7, 11) is 0. The molecular formula is C18H26N2O. The lowest BCUT2D eigenvalue weighted by molar-refractivity contribution is 0.0523. The smallest absolute Gasteiger partial charge is 0.253 e. The number of aryl methyl sites for hydroxylation is 1. The predicted octanol–water partition coefficient (Wildman–Crippen LogP) is 3.09. The van der Waals surface area contributed by atoms with Gasteiger partial charge < -0.3 is 4.90 Å². The van der Waals surface area contributed by atoms with Crippen LogP contribution in [0.5, 0.6) is 0 Å². The van der Waals surface area contributed by atoms with Crippen LogP contribution in [0.4, 0.5) is 0 Å². The van der Waals surface area contributed by atoms with Crippen molar-refractivity contribution in [3.63, 3.8) is 0 Å². The molecule has 3 rings (SSSR count). The summed E-state index contributed by atoms with van der Waals surface area (Å²) >= 11 is 0. The molecule has 0 atom stereocenters. The van der Waals surface area contributed by atoms with Crippen LogP contribution in [-0.2, 0) is 0 Å². The van der Waals surface area contributed by atoms with Crippen molar-refractivity contribution in [3.05, 3.63) is 35.4 Å². The van der Waals surface area contributed by atoms with E-state index in [0.29, 0.717) is 0 Å². The lowest BCUT2D eigenvalue weighted by atomic mass is 9.94. The van der Waals surface area contributed by atoms with E-state index < -0.39 is 0 Å². The van der Waals surface area contributed by atoms with Gasteiger partial charge in [0, 0.05) is 37.8 Å². The highest BCUT2D eigenvalue weighted by molar-refractivity contribution is 5.94. The first-order chi connectivity index (χ1) is 10.2. The van der Waals surface area contributed by atoms with Gasteiger partial charge in [0.05, 0.1) is 0 Å². The fourth-order valence-electron chi connectivity index (χ4n) is 3.62. The minimum atomic E-state index is 0.193. The molecule has 0 bridgehead atoms. The van der Waals surface area contributed by atoms with Gasteiger partial charge in [0.1, 0.15) is 0 Å². The van der Waals surface area contributed by atoms with Crippen LogP contribution in [0.15, 0.2) is 24.3 Å². The third-order valence-electron chi connectivity index (χ3n) is 4.99. The number of carbonyl (C=O) groups excluding carboxylic acids is 1. The zero-order valence-corrected chi connectivity index (χ0v) is 13.1. The number of rotatable bonds is 2. The third kappa shape index (κ3) is 3.46. The summed E-state index contributed by atoms with van der Waals surface area (Å²) in [6.45, 7) is 5.90. The molecule has 0 unspecified atom stereocenters.